The zero-order valence-electron chi connectivity index (χ0n) is 16.7. The van der Waals surface area contributed by atoms with Crippen LogP contribution in [0.4, 0.5) is 10.1 Å². The molecule has 0 aliphatic heterocycles. The van der Waals surface area contributed by atoms with Crippen LogP contribution in [0.1, 0.15) is 33.3 Å². The second kappa shape index (κ2) is 9.84. The zero-order chi connectivity index (χ0) is 23.3. The molecule has 0 aliphatic rings. The standard InChI is InChI=1S/C21H17ClFN3O5S/c1-2-31-20(28)14-5-9-16(10-6-14)25-19(27)18-17(22)11-24-21(26-18)32(29,30)12-13-3-7-15(23)8-4-13/h3-11H,2,12H2,1H3,(H,25,27). The van der Waals surface area contributed by atoms with Crippen molar-refractivity contribution in [2.45, 2.75) is 17.8 Å². The molecule has 166 valence electrons. The molecule has 0 fully saturated rings. The maximum absolute atomic E-state index is 13.0. The van der Waals surface area contributed by atoms with Crippen molar-refractivity contribution in [1.29, 1.82) is 0 Å². The third-order valence-corrected chi connectivity index (χ3v) is 5.88. The van der Waals surface area contributed by atoms with E-state index in [1.54, 1.807) is 6.92 Å². The third kappa shape index (κ3) is 5.65. The van der Waals surface area contributed by atoms with Crippen LogP contribution in [0.15, 0.2) is 59.9 Å². The van der Waals surface area contributed by atoms with Gasteiger partial charge in [-0.25, -0.2) is 27.6 Å². The number of carbonyl (C=O) groups excluding carboxylic acids is 2. The maximum atomic E-state index is 13.0. The first kappa shape index (κ1) is 23.3. The monoisotopic (exact) mass is 477 g/mol. The fourth-order valence-corrected chi connectivity index (χ4v) is 4.00. The van der Waals surface area contributed by atoms with E-state index < -0.39 is 38.4 Å². The lowest BCUT2D eigenvalue weighted by atomic mass is 10.2. The van der Waals surface area contributed by atoms with Gasteiger partial charge >= 0.3 is 5.97 Å². The first-order valence-electron chi connectivity index (χ1n) is 9.28. The Balaban J connectivity index is 1.79. The summed E-state index contributed by atoms with van der Waals surface area (Å²) in [6.07, 6.45) is 1.02. The van der Waals surface area contributed by atoms with E-state index in [-0.39, 0.29) is 17.3 Å². The summed E-state index contributed by atoms with van der Waals surface area (Å²) in [5.74, 6) is -2.24. The quantitative estimate of drug-likeness (QED) is 0.407. The molecule has 11 heteroatoms. The number of aromatic nitrogens is 2. The average molecular weight is 478 g/mol. The second-order valence-electron chi connectivity index (χ2n) is 6.49. The average Bonchev–Trinajstić information content (AvgIpc) is 2.76. The first-order valence-corrected chi connectivity index (χ1v) is 11.3. The Morgan fingerprint density at radius 1 is 1.09 bits per heavy atom. The zero-order valence-corrected chi connectivity index (χ0v) is 18.3. The van der Waals surface area contributed by atoms with E-state index in [1.807, 2.05) is 0 Å². The molecule has 3 rings (SSSR count). The number of sulfone groups is 1. The van der Waals surface area contributed by atoms with Gasteiger partial charge in [0.15, 0.2) is 5.69 Å². The van der Waals surface area contributed by atoms with Gasteiger partial charge in [-0.3, -0.25) is 4.79 Å². The first-order chi connectivity index (χ1) is 15.2. The molecule has 3 aromatic rings. The van der Waals surface area contributed by atoms with Gasteiger partial charge in [-0.2, -0.15) is 0 Å². The van der Waals surface area contributed by atoms with Crippen LogP contribution in [0.25, 0.3) is 0 Å². The number of anilines is 1. The summed E-state index contributed by atoms with van der Waals surface area (Å²) in [4.78, 5) is 31.9. The van der Waals surface area contributed by atoms with Gasteiger partial charge in [-0.1, -0.05) is 23.7 Å². The highest BCUT2D eigenvalue weighted by molar-refractivity contribution is 7.90. The van der Waals surface area contributed by atoms with Crippen LogP contribution < -0.4 is 5.32 Å². The van der Waals surface area contributed by atoms with Gasteiger partial charge in [0.2, 0.25) is 15.0 Å². The Morgan fingerprint density at radius 3 is 2.38 bits per heavy atom. The van der Waals surface area contributed by atoms with Gasteiger partial charge in [0.1, 0.15) is 5.82 Å². The molecule has 8 nitrogen and oxygen atoms in total. The summed E-state index contributed by atoms with van der Waals surface area (Å²) in [5.41, 5.74) is 0.624. The molecule has 1 N–H and O–H groups in total. The fourth-order valence-electron chi connectivity index (χ4n) is 2.62. The van der Waals surface area contributed by atoms with Crippen LogP contribution in [-0.2, 0) is 20.3 Å². The van der Waals surface area contributed by atoms with Crippen molar-refractivity contribution in [3.05, 3.63) is 82.4 Å². The SMILES string of the molecule is CCOC(=O)c1ccc(NC(=O)c2nc(S(=O)(=O)Cc3ccc(F)cc3)ncc2Cl)cc1. The molecular formula is C21H17ClFN3O5S. The highest BCUT2D eigenvalue weighted by Gasteiger charge is 2.23. The lowest BCUT2D eigenvalue weighted by Crippen LogP contribution is -2.18. The largest absolute Gasteiger partial charge is 0.462 e. The van der Waals surface area contributed by atoms with E-state index >= 15 is 0 Å². The summed E-state index contributed by atoms with van der Waals surface area (Å²) in [5, 5.41) is 1.79. The highest BCUT2D eigenvalue weighted by Crippen LogP contribution is 2.20. The maximum Gasteiger partial charge on any atom is 0.338 e. The Bertz CT molecular complexity index is 1250. The van der Waals surface area contributed by atoms with E-state index in [1.165, 1.54) is 36.4 Å². The number of nitrogens with zero attached hydrogens (tertiary/aromatic N) is 2. The van der Waals surface area contributed by atoms with Crippen LogP contribution in [0.5, 0.6) is 0 Å². The van der Waals surface area contributed by atoms with Crippen molar-refractivity contribution in [2.75, 3.05) is 11.9 Å². The van der Waals surface area contributed by atoms with Crippen molar-refractivity contribution >= 4 is 39.0 Å². The molecule has 0 aliphatic carbocycles. The third-order valence-electron chi connectivity index (χ3n) is 4.14. The van der Waals surface area contributed by atoms with Gasteiger partial charge in [0.05, 0.1) is 29.1 Å². The van der Waals surface area contributed by atoms with E-state index in [4.69, 9.17) is 16.3 Å². The molecule has 0 spiro atoms. The Kier molecular flexibility index (Phi) is 7.16. The molecule has 0 bridgehead atoms. The molecule has 0 atom stereocenters. The van der Waals surface area contributed by atoms with Crippen molar-refractivity contribution in [1.82, 2.24) is 9.97 Å². The predicted octanol–water partition coefficient (Wildman–Crippen LogP) is 3.67. The predicted molar refractivity (Wildman–Crippen MR) is 115 cm³/mol. The van der Waals surface area contributed by atoms with Gasteiger partial charge in [-0.15, -0.1) is 0 Å². The van der Waals surface area contributed by atoms with Crippen LogP contribution in [0, 0.1) is 5.82 Å². The fraction of sp³-hybridized carbons (Fsp3) is 0.143. The van der Waals surface area contributed by atoms with Gasteiger partial charge in [0.25, 0.3) is 5.91 Å². The van der Waals surface area contributed by atoms with Crippen molar-refractivity contribution in [3.63, 3.8) is 0 Å². The van der Waals surface area contributed by atoms with E-state index in [9.17, 15) is 22.4 Å². The molecule has 1 heterocycles. The number of hydrogen-bond acceptors (Lipinski definition) is 7. The van der Waals surface area contributed by atoms with Gasteiger partial charge < -0.3 is 10.1 Å². The van der Waals surface area contributed by atoms with Crippen molar-refractivity contribution in [2.24, 2.45) is 0 Å². The molecule has 0 saturated heterocycles. The summed E-state index contributed by atoms with van der Waals surface area (Å²) >= 11 is 6.00. The number of rotatable bonds is 7. The number of carbonyl (C=O) groups is 2. The normalized spacial score (nSPS) is 11.1. The smallest absolute Gasteiger partial charge is 0.338 e. The number of halogens is 2. The Morgan fingerprint density at radius 2 is 1.75 bits per heavy atom. The molecule has 0 radical (unpaired) electrons. The number of hydrogen-bond donors (Lipinski definition) is 1. The molecule has 1 aromatic heterocycles. The summed E-state index contributed by atoms with van der Waals surface area (Å²) in [7, 11) is -4.03. The number of esters is 1. The molecule has 2 aromatic carbocycles. The molecule has 0 unspecified atom stereocenters. The summed E-state index contributed by atoms with van der Waals surface area (Å²) in [6, 6.07) is 10.8. The van der Waals surface area contributed by atoms with Gasteiger partial charge in [0, 0.05) is 5.69 Å². The van der Waals surface area contributed by atoms with E-state index in [2.05, 4.69) is 15.3 Å². The molecular weight excluding hydrogens is 461 g/mol. The van der Waals surface area contributed by atoms with Crippen LogP contribution in [0.2, 0.25) is 5.02 Å². The number of nitrogens with one attached hydrogen (secondary N) is 1. The molecule has 32 heavy (non-hydrogen) atoms. The Labute approximate surface area is 188 Å². The number of ether oxygens (including phenoxy) is 1. The minimum atomic E-state index is -4.03. The lowest BCUT2D eigenvalue weighted by Gasteiger charge is -2.09. The lowest BCUT2D eigenvalue weighted by molar-refractivity contribution is 0.0526. The van der Waals surface area contributed by atoms with E-state index in [0.717, 1.165) is 18.3 Å². The summed E-state index contributed by atoms with van der Waals surface area (Å²) < 4.78 is 43.2. The summed E-state index contributed by atoms with van der Waals surface area (Å²) in [6.45, 7) is 1.92. The second-order valence-corrected chi connectivity index (χ2v) is 8.78. The topological polar surface area (TPSA) is 115 Å². The van der Waals surface area contributed by atoms with Gasteiger partial charge in [-0.05, 0) is 48.9 Å². The Hall–Kier alpha value is -3.37. The van der Waals surface area contributed by atoms with Crippen LogP contribution in [-0.4, -0.2) is 36.9 Å². The van der Waals surface area contributed by atoms with Crippen LogP contribution >= 0.6 is 11.6 Å². The highest BCUT2D eigenvalue weighted by atomic mass is 35.5. The molecule has 0 saturated carbocycles. The van der Waals surface area contributed by atoms with E-state index in [0.29, 0.717) is 16.8 Å². The minimum Gasteiger partial charge on any atom is -0.462 e. The van der Waals surface area contributed by atoms with Crippen molar-refractivity contribution < 1.29 is 27.1 Å². The minimum absolute atomic E-state index is 0.147. The molecule has 1 amide bonds. The van der Waals surface area contributed by atoms with Crippen molar-refractivity contribution in [3.8, 4) is 0 Å². The van der Waals surface area contributed by atoms with Crippen LogP contribution in [0.3, 0.4) is 0 Å². The number of benzene rings is 2. The number of amides is 1.